The highest BCUT2D eigenvalue weighted by Gasteiger charge is 2.24. The van der Waals surface area contributed by atoms with E-state index < -0.39 is 23.9 Å². The topological polar surface area (TPSA) is 170 Å². The van der Waals surface area contributed by atoms with Crippen LogP contribution >= 0.6 is 0 Å². The third kappa shape index (κ3) is 6.00. The number of anilines is 1. The summed E-state index contributed by atoms with van der Waals surface area (Å²) in [7, 11) is 0. The maximum atomic E-state index is 12.7. The van der Waals surface area contributed by atoms with Gasteiger partial charge in [0.2, 0.25) is 11.8 Å². The molecule has 0 fully saturated rings. The van der Waals surface area contributed by atoms with Crippen LogP contribution in [0.5, 0.6) is 5.88 Å². The molecule has 2 aromatic heterocycles. The third-order valence-electron chi connectivity index (χ3n) is 5.04. The summed E-state index contributed by atoms with van der Waals surface area (Å²) in [6.07, 6.45) is 2.21. The highest BCUT2D eigenvalue weighted by atomic mass is 16.5. The van der Waals surface area contributed by atoms with Gasteiger partial charge in [0.25, 0.3) is 5.91 Å². The fourth-order valence-electron chi connectivity index (χ4n) is 3.46. The number of hydrogen-bond acceptors (Lipinski definition) is 9. The summed E-state index contributed by atoms with van der Waals surface area (Å²) < 4.78 is 9.90. The number of hydrogen-bond donors (Lipinski definition) is 4. The Morgan fingerprint density at radius 3 is 2.50 bits per heavy atom. The van der Waals surface area contributed by atoms with Gasteiger partial charge in [-0.15, -0.1) is 0 Å². The molecule has 1 aromatic carbocycles. The van der Waals surface area contributed by atoms with Crippen LogP contribution in [0.25, 0.3) is 11.0 Å². The number of carbonyl (C=O) groups is 3. The second kappa shape index (κ2) is 11.1. The molecule has 0 saturated carbocycles. The number of aromatic amines is 1. The van der Waals surface area contributed by atoms with Crippen molar-refractivity contribution in [3.63, 3.8) is 0 Å². The van der Waals surface area contributed by atoms with Crippen LogP contribution in [-0.4, -0.2) is 57.2 Å². The zero-order chi connectivity index (χ0) is 24.7. The minimum absolute atomic E-state index is 0.0244. The van der Waals surface area contributed by atoms with E-state index in [-0.39, 0.29) is 37.9 Å². The number of nitrogen functional groups attached to an aromatic ring is 1. The van der Waals surface area contributed by atoms with E-state index in [1.54, 1.807) is 44.3 Å². The Balaban J connectivity index is 1.68. The zero-order valence-electron chi connectivity index (χ0n) is 19.0. The Bertz CT molecular complexity index is 1170. The smallest absolute Gasteiger partial charge is 0.328 e. The second-order valence-electron chi connectivity index (χ2n) is 7.44. The molecule has 34 heavy (non-hydrogen) atoms. The van der Waals surface area contributed by atoms with E-state index in [1.807, 2.05) is 0 Å². The summed E-state index contributed by atoms with van der Waals surface area (Å²) in [5.41, 5.74) is 7.97. The van der Waals surface area contributed by atoms with Gasteiger partial charge in [-0.2, -0.15) is 9.97 Å². The molecule has 180 valence electrons. The molecular weight excluding hydrogens is 442 g/mol. The van der Waals surface area contributed by atoms with Crippen LogP contribution in [0.3, 0.4) is 0 Å². The van der Waals surface area contributed by atoms with Crippen LogP contribution < -0.4 is 11.1 Å². The lowest BCUT2D eigenvalue weighted by Gasteiger charge is -2.17. The van der Waals surface area contributed by atoms with Crippen LogP contribution in [0.4, 0.5) is 5.95 Å². The summed E-state index contributed by atoms with van der Waals surface area (Å²) in [6, 6.07) is 5.81. The molecule has 2 heterocycles. The van der Waals surface area contributed by atoms with E-state index in [2.05, 4.69) is 20.3 Å². The van der Waals surface area contributed by atoms with Crippen LogP contribution in [0.15, 0.2) is 30.5 Å². The number of carbonyl (C=O) groups excluding carboxylic acids is 3. The molecule has 0 bridgehead atoms. The molecule has 3 aromatic rings. The van der Waals surface area contributed by atoms with Crippen molar-refractivity contribution in [2.75, 3.05) is 18.9 Å². The molecule has 3 rings (SSSR count). The van der Waals surface area contributed by atoms with Gasteiger partial charge in [-0.3, -0.25) is 9.59 Å². The number of rotatable bonds is 10. The Labute approximate surface area is 195 Å². The van der Waals surface area contributed by atoms with E-state index in [0.29, 0.717) is 23.0 Å². The molecule has 11 heteroatoms. The average molecular weight is 469 g/mol. The standard InChI is InChI=1S/C23H27N5O6/c1-3-33-17(29)10-9-16(22(32)34-4-2)26-20(30)14-7-5-13(6-8-14)11-15-12-25-19-18(15)21(31)28-23(24)27-19/h5-8,12,16H,3-4,9-11H2,1-2H3,(H,26,30)(H4,24,25,27,28,31)/t16-/m1/s1. The van der Waals surface area contributed by atoms with Gasteiger partial charge in [-0.1, -0.05) is 12.1 Å². The summed E-state index contributed by atoms with van der Waals surface area (Å²) in [6.45, 7) is 3.74. The third-order valence-corrected chi connectivity index (χ3v) is 5.04. The van der Waals surface area contributed by atoms with Crippen molar-refractivity contribution in [1.82, 2.24) is 20.3 Å². The number of aromatic nitrogens is 3. The summed E-state index contributed by atoms with van der Waals surface area (Å²) in [5.74, 6) is -1.77. The predicted molar refractivity (Wildman–Crippen MR) is 123 cm³/mol. The molecule has 0 aliphatic heterocycles. The first-order valence-electron chi connectivity index (χ1n) is 10.9. The number of ether oxygens (including phenoxy) is 2. The Morgan fingerprint density at radius 1 is 1.12 bits per heavy atom. The monoisotopic (exact) mass is 469 g/mol. The fourth-order valence-corrected chi connectivity index (χ4v) is 3.46. The van der Waals surface area contributed by atoms with Gasteiger partial charge >= 0.3 is 11.9 Å². The van der Waals surface area contributed by atoms with Gasteiger partial charge in [-0.05, 0) is 49.9 Å². The van der Waals surface area contributed by atoms with Gasteiger partial charge in [0, 0.05) is 18.2 Å². The molecule has 0 radical (unpaired) electrons. The number of nitrogens with zero attached hydrogens (tertiary/aromatic N) is 2. The number of esters is 2. The largest absolute Gasteiger partial charge is 0.493 e. The second-order valence-corrected chi connectivity index (χ2v) is 7.44. The van der Waals surface area contributed by atoms with Crippen molar-refractivity contribution in [2.24, 2.45) is 0 Å². The number of benzene rings is 1. The Kier molecular flexibility index (Phi) is 8.01. The summed E-state index contributed by atoms with van der Waals surface area (Å²) >= 11 is 0. The maximum absolute atomic E-state index is 12.7. The van der Waals surface area contributed by atoms with Crippen LogP contribution in [0, 0.1) is 0 Å². The average Bonchev–Trinajstić information content (AvgIpc) is 3.19. The van der Waals surface area contributed by atoms with Gasteiger partial charge in [0.15, 0.2) is 0 Å². The first kappa shape index (κ1) is 24.5. The molecule has 0 aliphatic rings. The Morgan fingerprint density at radius 2 is 1.82 bits per heavy atom. The molecule has 0 saturated heterocycles. The highest BCUT2D eigenvalue weighted by molar-refractivity contribution is 5.97. The first-order chi connectivity index (χ1) is 16.3. The van der Waals surface area contributed by atoms with Gasteiger partial charge in [-0.25, -0.2) is 4.79 Å². The molecule has 1 amide bonds. The van der Waals surface area contributed by atoms with Crippen molar-refractivity contribution in [3.05, 3.63) is 47.2 Å². The molecule has 0 spiro atoms. The van der Waals surface area contributed by atoms with Crippen LogP contribution in [0.1, 0.15) is 48.2 Å². The number of H-pyrrole nitrogens is 1. The van der Waals surface area contributed by atoms with E-state index in [0.717, 1.165) is 11.1 Å². The van der Waals surface area contributed by atoms with Crippen molar-refractivity contribution < 1.29 is 29.0 Å². The fraction of sp³-hybridized carbons (Fsp3) is 0.348. The minimum Gasteiger partial charge on any atom is -0.493 e. The minimum atomic E-state index is -0.974. The number of fused-ring (bicyclic) bond motifs is 1. The lowest BCUT2D eigenvalue weighted by molar-refractivity contribution is -0.146. The molecule has 11 nitrogen and oxygen atoms in total. The number of nitrogens with two attached hydrogens (primary N) is 1. The van der Waals surface area contributed by atoms with Gasteiger partial charge < -0.3 is 30.6 Å². The lowest BCUT2D eigenvalue weighted by atomic mass is 10.0. The van der Waals surface area contributed by atoms with E-state index in [1.165, 1.54) is 0 Å². The number of aromatic hydroxyl groups is 1. The SMILES string of the molecule is CCOC(=O)CC[C@@H](NC(=O)c1ccc(Cc2c[nH]c3nc(N)nc(O)c23)cc1)C(=O)OCC. The van der Waals surface area contributed by atoms with Crippen LogP contribution in [-0.2, 0) is 25.5 Å². The predicted octanol–water partition coefficient (Wildman–Crippen LogP) is 1.84. The van der Waals surface area contributed by atoms with Crippen molar-refractivity contribution in [2.45, 2.75) is 39.2 Å². The van der Waals surface area contributed by atoms with E-state index in [4.69, 9.17) is 15.2 Å². The summed E-state index contributed by atoms with van der Waals surface area (Å²) in [5, 5.41) is 13.2. The first-order valence-corrected chi connectivity index (χ1v) is 10.9. The number of nitrogens with one attached hydrogen (secondary N) is 2. The normalized spacial score (nSPS) is 11.7. The van der Waals surface area contributed by atoms with E-state index >= 15 is 0 Å². The zero-order valence-corrected chi connectivity index (χ0v) is 19.0. The van der Waals surface area contributed by atoms with Crippen LogP contribution in [0.2, 0.25) is 0 Å². The lowest BCUT2D eigenvalue weighted by Crippen LogP contribution is -2.42. The quantitative estimate of drug-likeness (QED) is 0.324. The van der Waals surface area contributed by atoms with Crippen molar-refractivity contribution >= 4 is 34.8 Å². The number of amides is 1. The van der Waals surface area contributed by atoms with Gasteiger partial charge in [0.05, 0.1) is 18.6 Å². The Hall–Kier alpha value is -4.15. The maximum Gasteiger partial charge on any atom is 0.328 e. The van der Waals surface area contributed by atoms with Crippen molar-refractivity contribution in [3.8, 4) is 5.88 Å². The highest BCUT2D eigenvalue weighted by Crippen LogP contribution is 2.27. The van der Waals surface area contributed by atoms with Crippen molar-refractivity contribution in [1.29, 1.82) is 0 Å². The summed E-state index contributed by atoms with van der Waals surface area (Å²) in [4.78, 5) is 47.4. The van der Waals surface area contributed by atoms with Gasteiger partial charge in [0.1, 0.15) is 11.7 Å². The molecule has 0 aliphatic carbocycles. The van der Waals surface area contributed by atoms with E-state index in [9.17, 15) is 19.5 Å². The molecule has 5 N–H and O–H groups in total. The molecule has 1 atom stereocenters. The molecular formula is C23H27N5O6. The molecule has 0 unspecified atom stereocenters.